The highest BCUT2D eigenvalue weighted by molar-refractivity contribution is 5.95. The van der Waals surface area contributed by atoms with Crippen LogP contribution in [0.2, 0.25) is 0 Å². The average molecular weight is 440 g/mol. The minimum Gasteiger partial charge on any atom is -0.491 e. The summed E-state index contributed by atoms with van der Waals surface area (Å²) in [6.07, 6.45) is 5.78. The third kappa shape index (κ3) is 8.23. The minimum absolute atomic E-state index is 0.00909. The van der Waals surface area contributed by atoms with Gasteiger partial charge in [0, 0.05) is 36.2 Å². The van der Waals surface area contributed by atoms with Crippen LogP contribution in [0.15, 0.2) is 48.5 Å². The highest BCUT2D eigenvalue weighted by atomic mass is 16.5. The Morgan fingerprint density at radius 3 is 2.50 bits per heavy atom. The van der Waals surface area contributed by atoms with Gasteiger partial charge in [-0.15, -0.1) is 0 Å². The quantitative estimate of drug-likeness (QED) is 0.413. The van der Waals surface area contributed by atoms with Crippen LogP contribution in [0.3, 0.4) is 0 Å². The molecule has 172 valence electrons. The van der Waals surface area contributed by atoms with Crippen LogP contribution in [-0.4, -0.2) is 37.7 Å². The van der Waals surface area contributed by atoms with E-state index in [9.17, 15) is 9.59 Å². The van der Waals surface area contributed by atoms with Crippen molar-refractivity contribution in [1.29, 1.82) is 0 Å². The van der Waals surface area contributed by atoms with Crippen LogP contribution in [0.5, 0.6) is 5.75 Å². The zero-order valence-corrected chi connectivity index (χ0v) is 18.7. The Labute approximate surface area is 189 Å². The molecule has 1 aliphatic heterocycles. The largest absolute Gasteiger partial charge is 0.491 e. The molecular weight excluding hydrogens is 406 g/mol. The number of rotatable bonds is 12. The van der Waals surface area contributed by atoms with Gasteiger partial charge in [0.15, 0.2) is 0 Å². The minimum atomic E-state index is -0.179. The van der Waals surface area contributed by atoms with E-state index < -0.39 is 0 Å². The number of anilines is 3. The zero-order valence-electron chi connectivity index (χ0n) is 18.7. The highest BCUT2D eigenvalue weighted by Gasteiger charge is 2.16. The van der Waals surface area contributed by atoms with E-state index in [-0.39, 0.29) is 24.5 Å². The van der Waals surface area contributed by atoms with Crippen LogP contribution in [0.4, 0.5) is 17.1 Å². The number of nitrogens with one attached hydrogen (secondary N) is 3. The van der Waals surface area contributed by atoms with Crippen molar-refractivity contribution < 1.29 is 19.1 Å². The fraction of sp³-hybridized carbons (Fsp3) is 0.440. The predicted molar refractivity (Wildman–Crippen MR) is 127 cm³/mol. The van der Waals surface area contributed by atoms with Crippen molar-refractivity contribution in [2.45, 2.75) is 51.6 Å². The first-order valence-corrected chi connectivity index (χ1v) is 11.4. The lowest BCUT2D eigenvalue weighted by Gasteiger charge is -2.13. The van der Waals surface area contributed by atoms with Crippen molar-refractivity contribution in [2.75, 3.05) is 35.7 Å². The van der Waals surface area contributed by atoms with Gasteiger partial charge in [-0.05, 0) is 49.6 Å². The maximum absolute atomic E-state index is 12.4. The molecule has 2 aromatic rings. The first-order valence-electron chi connectivity index (χ1n) is 11.4. The van der Waals surface area contributed by atoms with Gasteiger partial charge in [-0.2, -0.15) is 0 Å². The van der Waals surface area contributed by atoms with E-state index in [1.54, 1.807) is 18.2 Å². The van der Waals surface area contributed by atoms with Crippen molar-refractivity contribution in [3.05, 3.63) is 48.5 Å². The van der Waals surface area contributed by atoms with Crippen LogP contribution < -0.4 is 20.7 Å². The highest BCUT2D eigenvalue weighted by Crippen LogP contribution is 2.20. The lowest BCUT2D eigenvalue weighted by atomic mass is 10.2. The maximum Gasteiger partial charge on any atom is 0.243 e. The van der Waals surface area contributed by atoms with Gasteiger partial charge in [0.1, 0.15) is 12.4 Å². The van der Waals surface area contributed by atoms with Crippen molar-refractivity contribution in [2.24, 2.45) is 0 Å². The number of carbonyl (C=O) groups excluding carboxylic acids is 2. The summed E-state index contributed by atoms with van der Waals surface area (Å²) in [7, 11) is 0. The number of carbonyl (C=O) groups is 2. The fourth-order valence-electron chi connectivity index (χ4n) is 3.48. The van der Waals surface area contributed by atoms with Crippen molar-refractivity contribution in [1.82, 2.24) is 0 Å². The van der Waals surface area contributed by atoms with E-state index in [1.807, 2.05) is 30.3 Å². The van der Waals surface area contributed by atoms with Gasteiger partial charge in [-0.3, -0.25) is 9.59 Å². The number of unbranched alkanes of at least 4 members (excludes halogenated alkanes) is 2. The molecular formula is C25H33N3O4. The van der Waals surface area contributed by atoms with Crippen LogP contribution in [-0.2, 0) is 14.3 Å². The number of ether oxygens (including phenoxy) is 2. The molecule has 0 aliphatic carbocycles. The van der Waals surface area contributed by atoms with Crippen molar-refractivity contribution >= 4 is 28.9 Å². The molecule has 0 bridgehead atoms. The molecule has 0 saturated carbocycles. The van der Waals surface area contributed by atoms with Crippen LogP contribution in [0.25, 0.3) is 0 Å². The number of hydrogen-bond acceptors (Lipinski definition) is 5. The van der Waals surface area contributed by atoms with Gasteiger partial charge < -0.3 is 25.4 Å². The average Bonchev–Trinajstić information content (AvgIpc) is 3.31. The Balaban J connectivity index is 1.43. The summed E-state index contributed by atoms with van der Waals surface area (Å²) in [5, 5.41) is 8.85. The summed E-state index contributed by atoms with van der Waals surface area (Å²) in [5.41, 5.74) is 2.11. The van der Waals surface area contributed by atoms with E-state index in [2.05, 4.69) is 22.9 Å². The molecule has 7 nitrogen and oxygen atoms in total. The molecule has 1 unspecified atom stereocenters. The molecule has 1 aliphatic rings. The molecule has 0 radical (unpaired) electrons. The smallest absolute Gasteiger partial charge is 0.243 e. The molecule has 1 saturated heterocycles. The molecule has 0 aromatic heterocycles. The SMILES string of the molecule is CCCCCC(=O)Nc1cccc(NC(=O)CNc2cccc(OCC3CCCO3)c2)c1. The monoisotopic (exact) mass is 439 g/mol. The molecule has 1 heterocycles. The van der Waals surface area contributed by atoms with Gasteiger partial charge in [-0.1, -0.05) is 31.9 Å². The lowest BCUT2D eigenvalue weighted by molar-refractivity contribution is -0.116. The molecule has 2 aromatic carbocycles. The van der Waals surface area contributed by atoms with Gasteiger partial charge in [0.05, 0.1) is 12.6 Å². The summed E-state index contributed by atoms with van der Waals surface area (Å²) in [4.78, 5) is 24.4. The molecule has 3 rings (SSSR count). The molecule has 3 N–H and O–H groups in total. The van der Waals surface area contributed by atoms with E-state index in [4.69, 9.17) is 9.47 Å². The lowest BCUT2D eigenvalue weighted by Crippen LogP contribution is -2.22. The normalized spacial score (nSPS) is 15.2. The second kappa shape index (κ2) is 12.7. The second-order valence-electron chi connectivity index (χ2n) is 7.96. The van der Waals surface area contributed by atoms with Crippen LogP contribution >= 0.6 is 0 Å². The van der Waals surface area contributed by atoms with Gasteiger partial charge in [0.25, 0.3) is 0 Å². The molecule has 32 heavy (non-hydrogen) atoms. The van der Waals surface area contributed by atoms with E-state index in [0.717, 1.165) is 50.1 Å². The number of amides is 2. The van der Waals surface area contributed by atoms with Crippen LogP contribution in [0, 0.1) is 0 Å². The summed E-state index contributed by atoms with van der Waals surface area (Å²) in [6.45, 7) is 3.56. The zero-order chi connectivity index (χ0) is 22.6. The van der Waals surface area contributed by atoms with E-state index in [0.29, 0.717) is 24.4 Å². The first-order chi connectivity index (χ1) is 15.6. The standard InChI is InChI=1S/C25H33N3O4/c1-2-3-4-13-24(29)27-20-9-5-10-21(15-20)28-25(30)17-26-19-8-6-11-22(16-19)32-18-23-12-7-14-31-23/h5-6,8-11,15-16,23,26H,2-4,7,12-14,17-18H2,1H3,(H,27,29)(H,28,30). The number of benzene rings is 2. The maximum atomic E-state index is 12.4. The van der Waals surface area contributed by atoms with Gasteiger partial charge in [0.2, 0.25) is 11.8 Å². The molecule has 1 fully saturated rings. The predicted octanol–water partition coefficient (Wildman–Crippen LogP) is 4.81. The van der Waals surface area contributed by atoms with E-state index in [1.165, 1.54) is 0 Å². The third-order valence-corrected chi connectivity index (χ3v) is 5.18. The topological polar surface area (TPSA) is 88.7 Å². The summed E-state index contributed by atoms with van der Waals surface area (Å²) < 4.78 is 11.4. The second-order valence-corrected chi connectivity index (χ2v) is 7.96. The van der Waals surface area contributed by atoms with Crippen molar-refractivity contribution in [3.63, 3.8) is 0 Å². The summed E-state index contributed by atoms with van der Waals surface area (Å²) in [5.74, 6) is 0.556. The fourth-order valence-corrected chi connectivity index (χ4v) is 3.48. The van der Waals surface area contributed by atoms with Gasteiger partial charge in [-0.25, -0.2) is 0 Å². The summed E-state index contributed by atoms with van der Waals surface area (Å²) >= 11 is 0. The molecule has 7 heteroatoms. The molecule has 0 spiro atoms. The number of hydrogen-bond donors (Lipinski definition) is 3. The van der Waals surface area contributed by atoms with Crippen molar-refractivity contribution in [3.8, 4) is 5.75 Å². The Morgan fingerprint density at radius 2 is 1.75 bits per heavy atom. The Hall–Kier alpha value is -3.06. The summed E-state index contributed by atoms with van der Waals surface area (Å²) in [6, 6.07) is 14.7. The third-order valence-electron chi connectivity index (χ3n) is 5.18. The van der Waals surface area contributed by atoms with Gasteiger partial charge >= 0.3 is 0 Å². The Kier molecular flexibility index (Phi) is 9.37. The van der Waals surface area contributed by atoms with E-state index >= 15 is 0 Å². The first kappa shape index (κ1) is 23.6. The Bertz CT molecular complexity index is 881. The van der Waals surface area contributed by atoms with Crippen LogP contribution in [0.1, 0.15) is 45.4 Å². The Morgan fingerprint density at radius 1 is 1.00 bits per heavy atom. The molecule has 1 atom stereocenters. The molecule has 2 amide bonds.